The van der Waals surface area contributed by atoms with E-state index < -0.39 is 0 Å². The number of anilines is 1. The van der Waals surface area contributed by atoms with E-state index in [1.54, 1.807) is 0 Å². The minimum absolute atomic E-state index is 0.00154. The number of hydrogen-bond donors (Lipinski definition) is 2. The Labute approximate surface area is 153 Å². The second-order valence-corrected chi connectivity index (χ2v) is 7.18. The Kier molecular flexibility index (Phi) is 6.65. The van der Waals surface area contributed by atoms with E-state index in [-0.39, 0.29) is 17.9 Å². The van der Waals surface area contributed by atoms with Crippen molar-refractivity contribution in [3.05, 3.63) is 59.2 Å². The molecule has 5 heteroatoms. The molecule has 0 fully saturated rings. The highest BCUT2D eigenvalue weighted by Gasteiger charge is 2.10. The molecule has 132 valence electrons. The number of aryl methyl sites for hydroxylation is 2. The van der Waals surface area contributed by atoms with E-state index >= 15 is 0 Å². The summed E-state index contributed by atoms with van der Waals surface area (Å²) >= 11 is 1.47. The van der Waals surface area contributed by atoms with Crippen molar-refractivity contribution in [2.75, 3.05) is 11.1 Å². The fourth-order valence-electron chi connectivity index (χ4n) is 2.39. The summed E-state index contributed by atoms with van der Waals surface area (Å²) in [6.07, 6.45) is 0. The Hall–Kier alpha value is -2.27. The zero-order chi connectivity index (χ0) is 18.4. The summed E-state index contributed by atoms with van der Waals surface area (Å²) in [4.78, 5) is 24.2. The zero-order valence-electron chi connectivity index (χ0n) is 15.1. The molecule has 4 nitrogen and oxygen atoms in total. The van der Waals surface area contributed by atoms with Gasteiger partial charge in [0, 0.05) is 17.5 Å². The van der Waals surface area contributed by atoms with Gasteiger partial charge in [-0.3, -0.25) is 9.59 Å². The van der Waals surface area contributed by atoms with Crippen LogP contribution >= 0.6 is 11.8 Å². The van der Waals surface area contributed by atoms with Crippen molar-refractivity contribution in [1.82, 2.24) is 5.32 Å². The van der Waals surface area contributed by atoms with E-state index in [1.165, 1.54) is 29.8 Å². The predicted molar refractivity (Wildman–Crippen MR) is 104 cm³/mol. The molecule has 1 atom stereocenters. The minimum atomic E-state index is -0.0971. The minimum Gasteiger partial charge on any atom is -0.349 e. The molecule has 2 aromatic carbocycles. The molecule has 0 aliphatic rings. The first-order chi connectivity index (χ1) is 11.8. The van der Waals surface area contributed by atoms with Crippen LogP contribution in [0.4, 0.5) is 5.69 Å². The Bertz CT molecular complexity index is 757. The highest BCUT2D eigenvalue weighted by Crippen LogP contribution is 2.21. The number of thioether (sulfide) groups is 1. The lowest BCUT2D eigenvalue weighted by molar-refractivity contribution is -0.119. The van der Waals surface area contributed by atoms with Gasteiger partial charge in [-0.1, -0.05) is 18.2 Å². The maximum absolute atomic E-state index is 12.2. The molecule has 25 heavy (non-hydrogen) atoms. The third-order valence-corrected chi connectivity index (χ3v) is 4.97. The van der Waals surface area contributed by atoms with Crippen LogP contribution in [0.15, 0.2) is 47.4 Å². The van der Waals surface area contributed by atoms with E-state index in [4.69, 9.17) is 0 Å². The molecule has 0 radical (unpaired) electrons. The number of carbonyl (C=O) groups excluding carboxylic acids is 2. The normalized spacial score (nSPS) is 11.7. The van der Waals surface area contributed by atoms with Crippen molar-refractivity contribution in [3.63, 3.8) is 0 Å². The smallest absolute Gasteiger partial charge is 0.230 e. The second kappa shape index (κ2) is 8.72. The van der Waals surface area contributed by atoms with Crippen LogP contribution in [0.25, 0.3) is 0 Å². The first kappa shape index (κ1) is 19.1. The number of amides is 2. The maximum atomic E-state index is 12.2. The third kappa shape index (κ3) is 5.94. The fraction of sp³-hybridized carbons (Fsp3) is 0.300. The summed E-state index contributed by atoms with van der Waals surface area (Å²) in [6, 6.07) is 13.7. The molecule has 0 spiro atoms. The van der Waals surface area contributed by atoms with Gasteiger partial charge in [-0.05, 0) is 61.7 Å². The number of rotatable bonds is 6. The molecule has 2 amide bonds. The Balaban J connectivity index is 1.85. The van der Waals surface area contributed by atoms with Gasteiger partial charge in [-0.2, -0.15) is 0 Å². The molecule has 0 heterocycles. The summed E-state index contributed by atoms with van der Waals surface area (Å²) in [5.41, 5.74) is 4.35. The quantitative estimate of drug-likeness (QED) is 0.762. The zero-order valence-corrected chi connectivity index (χ0v) is 15.9. The van der Waals surface area contributed by atoms with E-state index in [0.29, 0.717) is 5.75 Å². The summed E-state index contributed by atoms with van der Waals surface area (Å²) in [7, 11) is 0. The van der Waals surface area contributed by atoms with Gasteiger partial charge >= 0.3 is 0 Å². The SMILES string of the molecule is CC(=O)Nc1ccc(SCC(=O)NC(C)c2ccc(C)c(C)c2)cc1. The summed E-state index contributed by atoms with van der Waals surface area (Å²) in [5.74, 6) is 0.260. The molecule has 0 aromatic heterocycles. The number of benzene rings is 2. The van der Waals surface area contributed by atoms with Gasteiger partial charge in [0.15, 0.2) is 0 Å². The van der Waals surface area contributed by atoms with Crippen LogP contribution in [0.3, 0.4) is 0 Å². The molecular formula is C20H24N2O2S. The molecular weight excluding hydrogens is 332 g/mol. The molecule has 0 bridgehead atoms. The topological polar surface area (TPSA) is 58.2 Å². The number of nitrogens with one attached hydrogen (secondary N) is 2. The van der Waals surface area contributed by atoms with Gasteiger partial charge in [0.2, 0.25) is 11.8 Å². The standard InChI is InChI=1S/C20H24N2O2S/c1-13-5-6-17(11-14(13)2)15(3)21-20(24)12-25-19-9-7-18(8-10-19)22-16(4)23/h5-11,15H,12H2,1-4H3,(H,21,24)(H,22,23). The number of carbonyl (C=O) groups is 2. The average Bonchev–Trinajstić information content (AvgIpc) is 2.56. The predicted octanol–water partition coefficient (Wildman–Crippen LogP) is 4.23. The van der Waals surface area contributed by atoms with Crippen LogP contribution in [0.2, 0.25) is 0 Å². The fourth-order valence-corrected chi connectivity index (χ4v) is 3.10. The highest BCUT2D eigenvalue weighted by molar-refractivity contribution is 8.00. The van der Waals surface area contributed by atoms with Crippen LogP contribution < -0.4 is 10.6 Å². The van der Waals surface area contributed by atoms with Crippen molar-refractivity contribution in [3.8, 4) is 0 Å². The van der Waals surface area contributed by atoms with Gasteiger partial charge in [-0.15, -0.1) is 11.8 Å². The second-order valence-electron chi connectivity index (χ2n) is 6.13. The van der Waals surface area contributed by atoms with Crippen molar-refractivity contribution in [2.24, 2.45) is 0 Å². The lowest BCUT2D eigenvalue weighted by Crippen LogP contribution is -2.28. The van der Waals surface area contributed by atoms with Crippen LogP contribution in [-0.4, -0.2) is 17.6 Å². The Morgan fingerprint density at radius 1 is 1.04 bits per heavy atom. The monoisotopic (exact) mass is 356 g/mol. The summed E-state index contributed by atoms with van der Waals surface area (Å²) in [6.45, 7) is 7.63. The molecule has 2 rings (SSSR count). The highest BCUT2D eigenvalue weighted by atomic mass is 32.2. The van der Waals surface area contributed by atoms with E-state index in [9.17, 15) is 9.59 Å². The van der Waals surface area contributed by atoms with Crippen LogP contribution in [0.5, 0.6) is 0 Å². The van der Waals surface area contributed by atoms with Gasteiger partial charge in [0.25, 0.3) is 0 Å². The van der Waals surface area contributed by atoms with Crippen molar-refractivity contribution in [2.45, 2.75) is 38.6 Å². The van der Waals surface area contributed by atoms with Crippen molar-refractivity contribution >= 4 is 29.3 Å². The lowest BCUT2D eigenvalue weighted by Gasteiger charge is -2.15. The van der Waals surface area contributed by atoms with Gasteiger partial charge in [-0.25, -0.2) is 0 Å². The van der Waals surface area contributed by atoms with Crippen molar-refractivity contribution in [1.29, 1.82) is 0 Å². The first-order valence-electron chi connectivity index (χ1n) is 8.22. The number of hydrogen-bond acceptors (Lipinski definition) is 3. The van der Waals surface area contributed by atoms with Gasteiger partial charge in [0.05, 0.1) is 11.8 Å². The average molecular weight is 356 g/mol. The summed E-state index contributed by atoms with van der Waals surface area (Å²) < 4.78 is 0. The molecule has 0 saturated heterocycles. The Morgan fingerprint density at radius 2 is 1.72 bits per heavy atom. The van der Waals surface area contributed by atoms with E-state index in [0.717, 1.165) is 16.1 Å². The van der Waals surface area contributed by atoms with E-state index in [2.05, 4.69) is 42.7 Å². The van der Waals surface area contributed by atoms with Crippen molar-refractivity contribution < 1.29 is 9.59 Å². The maximum Gasteiger partial charge on any atom is 0.230 e. The van der Waals surface area contributed by atoms with Crippen LogP contribution in [-0.2, 0) is 9.59 Å². The van der Waals surface area contributed by atoms with Crippen LogP contribution in [0, 0.1) is 13.8 Å². The lowest BCUT2D eigenvalue weighted by atomic mass is 10.0. The van der Waals surface area contributed by atoms with E-state index in [1.807, 2.05) is 31.2 Å². The largest absolute Gasteiger partial charge is 0.349 e. The van der Waals surface area contributed by atoms with Gasteiger partial charge < -0.3 is 10.6 Å². The molecule has 2 N–H and O–H groups in total. The summed E-state index contributed by atoms with van der Waals surface area (Å²) in [5, 5.41) is 5.76. The molecule has 0 saturated carbocycles. The van der Waals surface area contributed by atoms with Crippen LogP contribution in [0.1, 0.15) is 36.6 Å². The molecule has 1 unspecified atom stereocenters. The molecule has 2 aromatic rings. The third-order valence-electron chi connectivity index (χ3n) is 3.95. The molecule has 0 aliphatic heterocycles. The molecule has 0 aliphatic carbocycles. The van der Waals surface area contributed by atoms with Gasteiger partial charge in [0.1, 0.15) is 0 Å². The Morgan fingerprint density at radius 3 is 2.32 bits per heavy atom. The first-order valence-corrected chi connectivity index (χ1v) is 9.20.